The molecule has 1 fully saturated rings. The Bertz CT molecular complexity index is 938. The number of imidazole rings is 1. The average molecular weight is 341 g/mol. The van der Waals surface area contributed by atoms with Crippen LogP contribution in [0.5, 0.6) is 0 Å². The number of hydrogen-bond acceptors (Lipinski definition) is 3. The van der Waals surface area contributed by atoms with Crippen molar-refractivity contribution in [2.45, 2.75) is 24.2 Å². The minimum atomic E-state index is -3.41. The number of rotatable bonds is 4. The summed E-state index contributed by atoms with van der Waals surface area (Å²) in [5.74, 6) is 0.992. The van der Waals surface area contributed by atoms with E-state index in [1.54, 1.807) is 12.1 Å². The summed E-state index contributed by atoms with van der Waals surface area (Å²) in [4.78, 5) is 8.23. The van der Waals surface area contributed by atoms with Crippen LogP contribution >= 0.6 is 0 Å². The van der Waals surface area contributed by atoms with Gasteiger partial charge in [-0.25, -0.2) is 13.4 Å². The fourth-order valence-corrected chi connectivity index (χ4v) is 4.55. The number of aryl methyl sites for hydroxylation is 1. The smallest absolute Gasteiger partial charge is 0.243 e. The Hall–Kier alpha value is -2.18. The topological polar surface area (TPSA) is 66.1 Å². The second-order valence-corrected chi connectivity index (χ2v) is 8.09. The summed E-state index contributed by atoms with van der Waals surface area (Å²) in [5.41, 5.74) is 3.05. The largest absolute Gasteiger partial charge is 0.342 e. The lowest BCUT2D eigenvalue weighted by Gasteiger charge is -2.36. The van der Waals surface area contributed by atoms with Gasteiger partial charge in [0, 0.05) is 19.0 Å². The molecule has 0 amide bonds. The Labute approximate surface area is 141 Å². The number of nitrogens with one attached hydrogen (secondary N) is 1. The van der Waals surface area contributed by atoms with Gasteiger partial charge in [-0.15, -0.1) is 0 Å². The molecule has 2 aromatic carbocycles. The van der Waals surface area contributed by atoms with Crippen LogP contribution in [-0.2, 0) is 16.4 Å². The van der Waals surface area contributed by atoms with Gasteiger partial charge in [0.1, 0.15) is 5.82 Å². The Morgan fingerprint density at radius 1 is 1.12 bits per heavy atom. The van der Waals surface area contributed by atoms with Crippen LogP contribution in [0.25, 0.3) is 11.0 Å². The van der Waals surface area contributed by atoms with Crippen LogP contribution in [0.3, 0.4) is 0 Å². The maximum atomic E-state index is 12.7. The van der Waals surface area contributed by atoms with E-state index >= 15 is 0 Å². The lowest BCUT2D eigenvalue weighted by molar-refractivity contribution is 0.257. The lowest BCUT2D eigenvalue weighted by Crippen LogP contribution is -2.48. The molecule has 4 rings (SSSR count). The fraction of sp³-hybridized carbons (Fsp3) is 0.278. The van der Waals surface area contributed by atoms with Crippen LogP contribution in [0.4, 0.5) is 0 Å². The number of para-hydroxylation sites is 2. The van der Waals surface area contributed by atoms with Gasteiger partial charge in [0.2, 0.25) is 10.0 Å². The first-order chi connectivity index (χ1) is 11.6. The number of H-pyrrole nitrogens is 1. The zero-order chi connectivity index (χ0) is 16.7. The number of aromatic nitrogens is 2. The van der Waals surface area contributed by atoms with Crippen molar-refractivity contribution in [3.05, 3.63) is 59.9 Å². The summed E-state index contributed by atoms with van der Waals surface area (Å²) in [5, 5.41) is 0. The molecule has 1 N–H and O–H groups in total. The van der Waals surface area contributed by atoms with Gasteiger partial charge < -0.3 is 4.98 Å². The molecule has 1 aliphatic rings. The van der Waals surface area contributed by atoms with Gasteiger partial charge in [0.15, 0.2) is 0 Å². The summed E-state index contributed by atoms with van der Waals surface area (Å²) < 4.78 is 26.8. The summed E-state index contributed by atoms with van der Waals surface area (Å²) in [7, 11) is -3.41. The number of fused-ring (bicyclic) bond motifs is 1. The molecular formula is C18H19N3O2S. The van der Waals surface area contributed by atoms with Crippen molar-refractivity contribution >= 4 is 21.1 Å². The molecule has 124 valence electrons. The maximum Gasteiger partial charge on any atom is 0.243 e. The number of hydrogen-bond donors (Lipinski definition) is 1. The Kier molecular flexibility index (Phi) is 3.66. The van der Waals surface area contributed by atoms with E-state index < -0.39 is 10.0 Å². The van der Waals surface area contributed by atoms with E-state index in [4.69, 9.17) is 0 Å². The van der Waals surface area contributed by atoms with Gasteiger partial charge in [-0.2, -0.15) is 4.31 Å². The molecular weight excluding hydrogens is 322 g/mol. The van der Waals surface area contributed by atoms with E-state index in [1.165, 1.54) is 4.31 Å². The molecule has 0 unspecified atom stereocenters. The van der Waals surface area contributed by atoms with E-state index in [2.05, 4.69) is 16.9 Å². The van der Waals surface area contributed by atoms with E-state index in [0.717, 1.165) is 28.8 Å². The monoisotopic (exact) mass is 341 g/mol. The molecule has 3 aromatic rings. The summed E-state index contributed by atoms with van der Waals surface area (Å²) in [6.07, 6.45) is 0.901. The van der Waals surface area contributed by atoms with Crippen molar-refractivity contribution in [2.75, 3.05) is 13.1 Å². The van der Waals surface area contributed by atoms with Gasteiger partial charge in [-0.05, 0) is 36.2 Å². The molecule has 6 heteroatoms. The molecule has 0 saturated carbocycles. The third-order valence-electron chi connectivity index (χ3n) is 4.61. The minimum Gasteiger partial charge on any atom is -0.342 e. The zero-order valence-corrected chi connectivity index (χ0v) is 14.3. The van der Waals surface area contributed by atoms with E-state index in [0.29, 0.717) is 18.0 Å². The van der Waals surface area contributed by atoms with Crippen molar-refractivity contribution in [3.63, 3.8) is 0 Å². The van der Waals surface area contributed by atoms with Gasteiger partial charge in [-0.1, -0.05) is 31.2 Å². The highest BCUT2D eigenvalue weighted by Gasteiger charge is 2.38. The van der Waals surface area contributed by atoms with Crippen LogP contribution in [0.1, 0.15) is 24.2 Å². The van der Waals surface area contributed by atoms with Gasteiger partial charge in [-0.3, -0.25) is 0 Å². The molecule has 0 atom stereocenters. The predicted octanol–water partition coefficient (Wildman–Crippen LogP) is 2.91. The summed E-state index contributed by atoms with van der Waals surface area (Å²) in [6.45, 7) is 2.99. The lowest BCUT2D eigenvalue weighted by atomic mass is 10.0. The van der Waals surface area contributed by atoms with E-state index in [-0.39, 0.29) is 5.92 Å². The van der Waals surface area contributed by atoms with Crippen LogP contribution < -0.4 is 0 Å². The minimum absolute atomic E-state index is 0.127. The molecule has 0 spiro atoms. The quantitative estimate of drug-likeness (QED) is 0.793. The third kappa shape index (κ3) is 2.52. The molecule has 0 radical (unpaired) electrons. The zero-order valence-electron chi connectivity index (χ0n) is 13.4. The first-order valence-electron chi connectivity index (χ1n) is 8.11. The van der Waals surface area contributed by atoms with Gasteiger partial charge in [0.05, 0.1) is 15.9 Å². The van der Waals surface area contributed by atoms with Crippen molar-refractivity contribution in [3.8, 4) is 0 Å². The second-order valence-electron chi connectivity index (χ2n) is 6.16. The third-order valence-corrected chi connectivity index (χ3v) is 6.46. The molecule has 1 saturated heterocycles. The Balaban J connectivity index is 1.51. The molecule has 2 heterocycles. The Morgan fingerprint density at radius 3 is 2.50 bits per heavy atom. The van der Waals surface area contributed by atoms with Crippen molar-refractivity contribution in [1.29, 1.82) is 0 Å². The highest BCUT2D eigenvalue weighted by Crippen LogP contribution is 2.31. The molecule has 0 bridgehead atoms. The number of aromatic amines is 1. The SMILES string of the molecule is CCc1ccc(S(=O)(=O)N2CC(c3nc4ccccc4[nH]3)C2)cc1. The van der Waals surface area contributed by atoms with Gasteiger partial charge in [0.25, 0.3) is 0 Å². The number of sulfonamides is 1. The number of benzene rings is 2. The highest BCUT2D eigenvalue weighted by atomic mass is 32.2. The average Bonchev–Trinajstić information content (AvgIpc) is 2.96. The molecule has 0 aliphatic carbocycles. The summed E-state index contributed by atoms with van der Waals surface area (Å²) >= 11 is 0. The first-order valence-corrected chi connectivity index (χ1v) is 9.55. The fourth-order valence-electron chi connectivity index (χ4n) is 3.02. The van der Waals surface area contributed by atoms with Crippen LogP contribution in [0, 0.1) is 0 Å². The molecule has 5 nitrogen and oxygen atoms in total. The highest BCUT2D eigenvalue weighted by molar-refractivity contribution is 7.89. The van der Waals surface area contributed by atoms with Crippen LogP contribution in [0.2, 0.25) is 0 Å². The second kappa shape index (κ2) is 5.72. The standard InChI is InChI=1S/C18H19N3O2S/c1-2-13-7-9-15(10-8-13)24(22,23)21-11-14(12-21)18-19-16-5-3-4-6-17(16)20-18/h3-10,14H,2,11-12H2,1H3,(H,19,20). The summed E-state index contributed by atoms with van der Waals surface area (Å²) in [6, 6.07) is 15.0. The molecule has 1 aromatic heterocycles. The molecule has 1 aliphatic heterocycles. The van der Waals surface area contributed by atoms with Crippen molar-refractivity contribution < 1.29 is 8.42 Å². The predicted molar refractivity (Wildman–Crippen MR) is 93.4 cm³/mol. The van der Waals surface area contributed by atoms with Crippen molar-refractivity contribution in [2.24, 2.45) is 0 Å². The maximum absolute atomic E-state index is 12.7. The Morgan fingerprint density at radius 2 is 1.83 bits per heavy atom. The van der Waals surface area contributed by atoms with Crippen LogP contribution in [0.15, 0.2) is 53.4 Å². The van der Waals surface area contributed by atoms with Crippen LogP contribution in [-0.4, -0.2) is 35.8 Å². The van der Waals surface area contributed by atoms with E-state index in [9.17, 15) is 8.42 Å². The number of nitrogens with zero attached hydrogens (tertiary/aromatic N) is 2. The van der Waals surface area contributed by atoms with Crippen molar-refractivity contribution in [1.82, 2.24) is 14.3 Å². The van der Waals surface area contributed by atoms with Gasteiger partial charge >= 0.3 is 0 Å². The first kappa shape index (κ1) is 15.4. The molecule has 24 heavy (non-hydrogen) atoms. The normalized spacial score (nSPS) is 16.4. The van der Waals surface area contributed by atoms with E-state index in [1.807, 2.05) is 36.4 Å².